The molecule has 0 aliphatic carbocycles. The molecule has 3 heteroatoms. The largest absolute Gasteiger partial charge is 0.325 e. The molecule has 2 N–H and O–H groups in total. The number of rotatable bonds is 2. The lowest BCUT2D eigenvalue weighted by atomic mass is 10.2. The van der Waals surface area contributed by atoms with Gasteiger partial charge in [-0.05, 0) is 30.7 Å². The Kier molecular flexibility index (Phi) is 3.46. The van der Waals surface area contributed by atoms with Gasteiger partial charge in [0.2, 0.25) is 0 Å². The van der Waals surface area contributed by atoms with Crippen LogP contribution >= 0.6 is 11.6 Å². The molecule has 0 aromatic heterocycles. The summed E-state index contributed by atoms with van der Waals surface area (Å²) in [4.78, 5) is 0. The molecule has 1 atom stereocenters. The van der Waals surface area contributed by atoms with Crippen LogP contribution in [0.4, 0.5) is 4.39 Å². The average molecular weight is 200 g/mol. The molecular formula is C10H11ClFN. The fourth-order valence-corrected chi connectivity index (χ4v) is 1.16. The summed E-state index contributed by atoms with van der Waals surface area (Å²) >= 11 is 5.66. The molecule has 0 aliphatic heterocycles. The smallest absolute Gasteiger partial charge is 0.125 e. The standard InChI is InChI=1S/C10H11ClFN/c1-7(13)2-3-8-4-9(11)6-10(12)5-8/h2-7H,13H2,1H3/b3-2+. The molecule has 0 heterocycles. The second-order valence-electron chi connectivity index (χ2n) is 2.92. The van der Waals surface area contributed by atoms with Crippen LogP contribution in [0.1, 0.15) is 12.5 Å². The highest BCUT2D eigenvalue weighted by atomic mass is 35.5. The first kappa shape index (κ1) is 10.2. The van der Waals surface area contributed by atoms with Gasteiger partial charge in [-0.25, -0.2) is 4.39 Å². The van der Waals surface area contributed by atoms with Gasteiger partial charge in [-0.3, -0.25) is 0 Å². The van der Waals surface area contributed by atoms with Crippen LogP contribution in [0.15, 0.2) is 24.3 Å². The van der Waals surface area contributed by atoms with E-state index in [4.69, 9.17) is 17.3 Å². The topological polar surface area (TPSA) is 26.0 Å². The van der Waals surface area contributed by atoms with E-state index in [0.29, 0.717) is 5.02 Å². The van der Waals surface area contributed by atoms with Gasteiger partial charge in [0.25, 0.3) is 0 Å². The van der Waals surface area contributed by atoms with Crippen molar-refractivity contribution in [1.29, 1.82) is 0 Å². The Morgan fingerprint density at radius 1 is 1.46 bits per heavy atom. The van der Waals surface area contributed by atoms with E-state index in [1.807, 2.05) is 6.92 Å². The fraction of sp³-hybridized carbons (Fsp3) is 0.200. The Morgan fingerprint density at radius 3 is 2.69 bits per heavy atom. The van der Waals surface area contributed by atoms with E-state index in [9.17, 15) is 4.39 Å². The molecule has 1 rings (SSSR count). The minimum Gasteiger partial charge on any atom is -0.325 e. The Hall–Kier alpha value is -0.860. The fourth-order valence-electron chi connectivity index (χ4n) is 0.934. The minimum absolute atomic E-state index is 0.0398. The van der Waals surface area contributed by atoms with Gasteiger partial charge in [-0.15, -0.1) is 0 Å². The third-order valence-corrected chi connectivity index (χ3v) is 1.70. The predicted molar refractivity (Wildman–Crippen MR) is 54.1 cm³/mol. The van der Waals surface area contributed by atoms with Crippen molar-refractivity contribution >= 4 is 17.7 Å². The van der Waals surface area contributed by atoms with Gasteiger partial charge < -0.3 is 5.73 Å². The summed E-state index contributed by atoms with van der Waals surface area (Å²) in [5.74, 6) is -0.336. The zero-order valence-electron chi connectivity index (χ0n) is 7.30. The van der Waals surface area contributed by atoms with E-state index < -0.39 is 0 Å². The first-order valence-corrected chi connectivity index (χ1v) is 4.35. The van der Waals surface area contributed by atoms with Crippen molar-refractivity contribution in [1.82, 2.24) is 0 Å². The van der Waals surface area contributed by atoms with Crippen molar-refractivity contribution in [3.8, 4) is 0 Å². The van der Waals surface area contributed by atoms with Crippen LogP contribution in [0.3, 0.4) is 0 Å². The van der Waals surface area contributed by atoms with Gasteiger partial charge >= 0.3 is 0 Å². The lowest BCUT2D eigenvalue weighted by molar-refractivity contribution is 0.627. The van der Waals surface area contributed by atoms with Gasteiger partial charge in [0.1, 0.15) is 5.82 Å². The molecule has 0 aliphatic rings. The van der Waals surface area contributed by atoms with E-state index in [0.717, 1.165) is 5.56 Å². The maximum Gasteiger partial charge on any atom is 0.125 e. The average Bonchev–Trinajstić information content (AvgIpc) is 1.99. The maximum absolute atomic E-state index is 12.8. The van der Waals surface area contributed by atoms with Crippen LogP contribution in [0.25, 0.3) is 6.08 Å². The number of nitrogens with two attached hydrogens (primary N) is 1. The number of hydrogen-bond acceptors (Lipinski definition) is 1. The van der Waals surface area contributed by atoms with Gasteiger partial charge in [0, 0.05) is 11.1 Å². The summed E-state index contributed by atoms with van der Waals surface area (Å²) in [7, 11) is 0. The van der Waals surface area contributed by atoms with Crippen molar-refractivity contribution in [3.05, 3.63) is 40.7 Å². The van der Waals surface area contributed by atoms with E-state index >= 15 is 0 Å². The van der Waals surface area contributed by atoms with Crippen LogP contribution in [-0.2, 0) is 0 Å². The first-order valence-electron chi connectivity index (χ1n) is 3.98. The summed E-state index contributed by atoms with van der Waals surface area (Å²) in [6.45, 7) is 1.84. The summed E-state index contributed by atoms with van der Waals surface area (Å²) in [6.07, 6.45) is 3.53. The maximum atomic E-state index is 12.8. The van der Waals surface area contributed by atoms with Gasteiger partial charge in [0.05, 0.1) is 0 Å². The highest BCUT2D eigenvalue weighted by Gasteiger charge is 1.95. The molecule has 13 heavy (non-hydrogen) atoms. The molecule has 70 valence electrons. The summed E-state index contributed by atoms with van der Waals surface area (Å²) in [5.41, 5.74) is 6.23. The zero-order valence-corrected chi connectivity index (χ0v) is 8.05. The lowest BCUT2D eigenvalue weighted by Crippen LogP contribution is -2.09. The van der Waals surface area contributed by atoms with Crippen molar-refractivity contribution in [2.75, 3.05) is 0 Å². The van der Waals surface area contributed by atoms with Crippen LogP contribution in [0, 0.1) is 5.82 Å². The first-order chi connectivity index (χ1) is 6.08. The summed E-state index contributed by atoms with van der Waals surface area (Å²) < 4.78 is 12.8. The molecular weight excluding hydrogens is 189 g/mol. The van der Waals surface area contributed by atoms with Gasteiger partial charge in [-0.2, -0.15) is 0 Å². The monoisotopic (exact) mass is 199 g/mol. The van der Waals surface area contributed by atoms with Crippen LogP contribution in [0.5, 0.6) is 0 Å². The van der Waals surface area contributed by atoms with Crippen molar-refractivity contribution in [2.45, 2.75) is 13.0 Å². The SMILES string of the molecule is CC(N)/C=C/c1cc(F)cc(Cl)c1. The van der Waals surface area contributed by atoms with E-state index in [-0.39, 0.29) is 11.9 Å². The summed E-state index contributed by atoms with van der Waals surface area (Å²) in [5, 5.41) is 0.393. The minimum atomic E-state index is -0.336. The molecule has 0 saturated heterocycles. The third kappa shape index (κ3) is 3.57. The molecule has 1 aromatic carbocycles. The Balaban J connectivity index is 2.89. The van der Waals surface area contributed by atoms with Gasteiger partial charge in [-0.1, -0.05) is 23.8 Å². The predicted octanol–water partition coefficient (Wildman–Crippen LogP) is 2.84. The van der Waals surface area contributed by atoms with Crippen molar-refractivity contribution < 1.29 is 4.39 Å². The van der Waals surface area contributed by atoms with E-state index in [1.54, 1.807) is 18.2 Å². The summed E-state index contributed by atoms with van der Waals surface area (Å²) in [6, 6.07) is 4.32. The molecule has 0 bridgehead atoms. The van der Waals surface area contributed by atoms with E-state index in [2.05, 4.69) is 0 Å². The molecule has 0 radical (unpaired) electrons. The molecule has 1 unspecified atom stereocenters. The highest BCUT2D eigenvalue weighted by molar-refractivity contribution is 6.30. The molecule has 0 amide bonds. The normalized spacial score (nSPS) is 13.5. The number of benzene rings is 1. The van der Waals surface area contributed by atoms with Crippen LogP contribution in [0.2, 0.25) is 5.02 Å². The van der Waals surface area contributed by atoms with E-state index in [1.165, 1.54) is 12.1 Å². The molecule has 1 nitrogen and oxygen atoms in total. The third-order valence-electron chi connectivity index (χ3n) is 1.48. The Labute approximate surface area is 82.0 Å². The van der Waals surface area contributed by atoms with Crippen molar-refractivity contribution in [3.63, 3.8) is 0 Å². The second-order valence-corrected chi connectivity index (χ2v) is 3.36. The molecule has 0 spiro atoms. The Morgan fingerprint density at radius 2 is 2.15 bits per heavy atom. The zero-order chi connectivity index (χ0) is 9.84. The lowest BCUT2D eigenvalue weighted by Gasteiger charge is -1.97. The van der Waals surface area contributed by atoms with Crippen LogP contribution in [-0.4, -0.2) is 6.04 Å². The number of halogens is 2. The highest BCUT2D eigenvalue weighted by Crippen LogP contribution is 2.15. The van der Waals surface area contributed by atoms with Crippen molar-refractivity contribution in [2.24, 2.45) is 5.73 Å². The quantitative estimate of drug-likeness (QED) is 0.779. The van der Waals surface area contributed by atoms with Crippen LogP contribution < -0.4 is 5.73 Å². The molecule has 0 saturated carbocycles. The number of hydrogen-bond donors (Lipinski definition) is 1. The second kappa shape index (κ2) is 4.40. The molecule has 0 fully saturated rings. The van der Waals surface area contributed by atoms with Gasteiger partial charge in [0.15, 0.2) is 0 Å². The molecule has 1 aromatic rings. The Bertz CT molecular complexity index is 300.